The Morgan fingerprint density at radius 3 is 2.20 bits per heavy atom. The van der Waals surface area contributed by atoms with Crippen molar-refractivity contribution in [3.63, 3.8) is 0 Å². The lowest BCUT2D eigenvalue weighted by Crippen LogP contribution is -2.49. The van der Waals surface area contributed by atoms with Crippen LogP contribution in [0, 0.1) is 0 Å². The van der Waals surface area contributed by atoms with Crippen LogP contribution in [0.15, 0.2) is 24.3 Å². The third kappa shape index (κ3) is 1.93. The van der Waals surface area contributed by atoms with E-state index in [2.05, 4.69) is 65.1 Å². The van der Waals surface area contributed by atoms with Crippen molar-refractivity contribution >= 4 is 29.8 Å². The van der Waals surface area contributed by atoms with Crippen molar-refractivity contribution in [1.29, 1.82) is 0 Å². The Hall–Kier alpha value is -0.863. The summed E-state index contributed by atoms with van der Waals surface area (Å²) in [5, 5.41) is 3.32. The van der Waals surface area contributed by atoms with Gasteiger partial charge in [-0.1, -0.05) is 59.0 Å². The molecule has 0 atom stereocenters. The molecule has 1 aliphatic rings. The summed E-state index contributed by atoms with van der Waals surface area (Å²) < 4.78 is 0. The highest BCUT2D eigenvalue weighted by atomic mass is 32.1. The first-order valence-corrected chi connectivity index (χ1v) is 11.4. The van der Waals surface area contributed by atoms with Crippen LogP contribution in [-0.2, 0) is 0 Å². The molecule has 20 heavy (non-hydrogen) atoms. The molecule has 2 heteroatoms. The smallest absolute Gasteiger partial charge is 0.114 e. The van der Waals surface area contributed by atoms with Gasteiger partial charge >= 0.3 is 0 Å². The average Bonchev–Trinajstić information content (AvgIpc) is 2.90. The van der Waals surface area contributed by atoms with Gasteiger partial charge in [0, 0.05) is 9.75 Å². The minimum absolute atomic E-state index is 0.620. The van der Waals surface area contributed by atoms with E-state index >= 15 is 0 Å². The molecule has 3 rings (SSSR count). The van der Waals surface area contributed by atoms with E-state index in [-0.39, 0.29) is 0 Å². The maximum Gasteiger partial charge on any atom is 0.114 e. The summed E-state index contributed by atoms with van der Waals surface area (Å²) in [6, 6.07) is 9.71. The summed E-state index contributed by atoms with van der Waals surface area (Å²) >= 11 is 2.02. The van der Waals surface area contributed by atoms with E-state index in [9.17, 15) is 0 Å². The number of thiophene rings is 1. The van der Waals surface area contributed by atoms with Crippen molar-refractivity contribution in [2.24, 2.45) is 0 Å². The number of hydrogen-bond acceptors (Lipinski definition) is 1. The van der Waals surface area contributed by atoms with E-state index in [0.717, 1.165) is 0 Å². The van der Waals surface area contributed by atoms with Gasteiger partial charge in [0.15, 0.2) is 0 Å². The molecule has 1 aromatic carbocycles. The molecule has 0 amide bonds. The maximum absolute atomic E-state index is 2.51. The Labute approximate surface area is 127 Å². The minimum Gasteiger partial charge on any atom is -0.140 e. The van der Waals surface area contributed by atoms with Crippen LogP contribution in [0.2, 0.25) is 13.1 Å². The fourth-order valence-corrected chi connectivity index (χ4v) is 8.28. The van der Waals surface area contributed by atoms with E-state index < -0.39 is 8.07 Å². The summed E-state index contributed by atoms with van der Waals surface area (Å²) in [5.41, 5.74) is 3.02. The fourth-order valence-electron chi connectivity index (χ4n) is 3.14. The van der Waals surface area contributed by atoms with Gasteiger partial charge in [-0.3, -0.25) is 0 Å². The van der Waals surface area contributed by atoms with Crippen LogP contribution in [-0.4, -0.2) is 8.07 Å². The van der Waals surface area contributed by atoms with Crippen LogP contribution in [0.1, 0.15) is 50.0 Å². The molecule has 0 N–H and O–H groups in total. The molecule has 0 bridgehead atoms. The third-order valence-corrected chi connectivity index (χ3v) is 9.77. The SMILES string of the molecule is CC(C)c1ccc2c(c1)[Si](C)(C)c1cc(C(C)C)sc1-2. The highest BCUT2D eigenvalue weighted by molar-refractivity contribution is 7.21. The van der Waals surface area contributed by atoms with Crippen LogP contribution in [0.25, 0.3) is 10.4 Å². The Kier molecular flexibility index (Phi) is 3.22. The molecule has 0 unspecified atom stereocenters. The van der Waals surface area contributed by atoms with Crippen molar-refractivity contribution in [1.82, 2.24) is 0 Å². The molecular weight excluding hydrogens is 276 g/mol. The highest BCUT2D eigenvalue weighted by Gasteiger charge is 2.39. The molecule has 1 aromatic heterocycles. The molecule has 0 fully saturated rings. The van der Waals surface area contributed by atoms with E-state index in [0.29, 0.717) is 11.8 Å². The van der Waals surface area contributed by atoms with Crippen molar-refractivity contribution < 1.29 is 0 Å². The summed E-state index contributed by atoms with van der Waals surface area (Å²) in [5.74, 6) is 1.27. The summed E-state index contributed by atoms with van der Waals surface area (Å²) in [6.07, 6.45) is 0. The van der Waals surface area contributed by atoms with Gasteiger partial charge in [0.1, 0.15) is 8.07 Å². The topological polar surface area (TPSA) is 0 Å². The van der Waals surface area contributed by atoms with Crippen molar-refractivity contribution in [2.75, 3.05) is 0 Å². The lowest BCUT2D eigenvalue weighted by atomic mass is 10.0. The highest BCUT2D eigenvalue weighted by Crippen LogP contribution is 2.37. The molecule has 0 radical (unpaired) electrons. The van der Waals surface area contributed by atoms with Crippen LogP contribution < -0.4 is 10.4 Å². The second-order valence-electron chi connectivity index (χ2n) is 7.13. The van der Waals surface area contributed by atoms with Gasteiger partial charge in [0.25, 0.3) is 0 Å². The molecule has 106 valence electrons. The monoisotopic (exact) mass is 300 g/mol. The third-order valence-electron chi connectivity index (χ3n) is 4.62. The lowest BCUT2D eigenvalue weighted by Gasteiger charge is -2.19. The number of rotatable bonds is 2. The summed E-state index contributed by atoms with van der Waals surface area (Å²) in [7, 11) is -1.47. The molecule has 0 saturated heterocycles. The van der Waals surface area contributed by atoms with Crippen molar-refractivity contribution in [3.05, 3.63) is 34.7 Å². The van der Waals surface area contributed by atoms with Crippen LogP contribution in [0.5, 0.6) is 0 Å². The number of hydrogen-bond donors (Lipinski definition) is 0. The first-order chi connectivity index (χ1) is 9.32. The zero-order valence-electron chi connectivity index (χ0n) is 13.4. The molecule has 2 heterocycles. The predicted octanol–water partition coefficient (Wildman–Crippen LogP) is 4.80. The minimum atomic E-state index is -1.47. The second-order valence-corrected chi connectivity index (χ2v) is 12.5. The first-order valence-electron chi connectivity index (χ1n) is 7.61. The Bertz CT molecular complexity index is 662. The Morgan fingerprint density at radius 2 is 1.60 bits per heavy atom. The second kappa shape index (κ2) is 4.57. The zero-order chi connectivity index (χ0) is 14.7. The standard InChI is InChI=1S/C18H24SSi/c1-11(2)13-7-8-14-16(9-13)20(5,6)17-10-15(12(3)4)19-18(14)17/h7-12H,1-6H3. The predicted molar refractivity (Wildman–Crippen MR) is 94.7 cm³/mol. The number of fused-ring (bicyclic) bond motifs is 3. The van der Waals surface area contributed by atoms with Gasteiger partial charge in [-0.15, -0.1) is 11.3 Å². The van der Waals surface area contributed by atoms with E-state index in [1.807, 2.05) is 11.3 Å². The van der Waals surface area contributed by atoms with Gasteiger partial charge < -0.3 is 0 Å². The quantitative estimate of drug-likeness (QED) is 0.699. The van der Waals surface area contributed by atoms with Crippen molar-refractivity contribution in [3.8, 4) is 10.4 Å². The van der Waals surface area contributed by atoms with Gasteiger partial charge in [-0.25, -0.2) is 0 Å². The molecule has 2 aromatic rings. The molecule has 0 spiro atoms. The molecule has 0 saturated carbocycles. The average molecular weight is 301 g/mol. The maximum atomic E-state index is 2.51. The van der Waals surface area contributed by atoms with E-state index in [4.69, 9.17) is 0 Å². The lowest BCUT2D eigenvalue weighted by molar-refractivity contribution is 0.868. The molecule has 0 aliphatic carbocycles. The van der Waals surface area contributed by atoms with Gasteiger partial charge in [-0.2, -0.15) is 0 Å². The van der Waals surface area contributed by atoms with Crippen LogP contribution >= 0.6 is 11.3 Å². The molecule has 0 nitrogen and oxygen atoms in total. The van der Waals surface area contributed by atoms with Crippen LogP contribution in [0.4, 0.5) is 0 Å². The Morgan fingerprint density at radius 1 is 0.900 bits per heavy atom. The van der Waals surface area contributed by atoms with Gasteiger partial charge in [0.05, 0.1) is 0 Å². The first kappa shape index (κ1) is 14.1. The largest absolute Gasteiger partial charge is 0.140 e. The van der Waals surface area contributed by atoms with Crippen molar-refractivity contribution in [2.45, 2.75) is 52.6 Å². The Balaban J connectivity index is 2.20. The molecular formula is C18H24SSi. The fraction of sp³-hybridized carbons (Fsp3) is 0.444. The normalized spacial score (nSPS) is 15.8. The van der Waals surface area contributed by atoms with Gasteiger partial charge in [0.2, 0.25) is 0 Å². The number of benzene rings is 1. The summed E-state index contributed by atoms with van der Waals surface area (Å²) in [6.45, 7) is 14.2. The van der Waals surface area contributed by atoms with Crippen LogP contribution in [0.3, 0.4) is 0 Å². The summed E-state index contributed by atoms with van der Waals surface area (Å²) in [4.78, 5) is 3.12. The van der Waals surface area contributed by atoms with Gasteiger partial charge in [-0.05, 0) is 39.4 Å². The zero-order valence-corrected chi connectivity index (χ0v) is 15.2. The van der Waals surface area contributed by atoms with E-state index in [1.54, 1.807) is 20.1 Å². The van der Waals surface area contributed by atoms with E-state index in [1.165, 1.54) is 11.1 Å². The molecule has 1 aliphatic heterocycles.